The Hall–Kier alpha value is -1.25. The first-order valence-electron chi connectivity index (χ1n) is 5.11. The molecule has 0 aromatic heterocycles. The number of carbonyl (C=O) groups is 1. The molecule has 14 heavy (non-hydrogen) atoms. The van der Waals surface area contributed by atoms with E-state index in [0.29, 0.717) is 19.0 Å². The molecule has 0 saturated carbocycles. The molecule has 78 valence electrons. The van der Waals surface area contributed by atoms with Gasteiger partial charge in [-0.1, -0.05) is 25.2 Å². The second-order valence-electron chi connectivity index (χ2n) is 3.52. The van der Waals surface area contributed by atoms with Crippen LogP contribution in [-0.4, -0.2) is 19.1 Å². The predicted octanol–water partition coefficient (Wildman–Crippen LogP) is 1.83. The summed E-state index contributed by atoms with van der Waals surface area (Å²) in [4.78, 5) is 11.1. The maximum Gasteiger partial charge on any atom is 0.315 e. The Morgan fingerprint density at radius 3 is 3.00 bits per heavy atom. The van der Waals surface area contributed by atoms with Crippen LogP contribution in [0, 0.1) is 5.92 Å². The highest BCUT2D eigenvalue weighted by Crippen LogP contribution is 2.18. The van der Waals surface area contributed by atoms with Crippen molar-refractivity contribution in [2.45, 2.75) is 20.3 Å². The average Bonchev–Trinajstić information content (AvgIpc) is 2.17. The molecule has 3 nitrogen and oxygen atoms in total. The molecule has 0 heterocycles. The van der Waals surface area contributed by atoms with Gasteiger partial charge in [0.25, 0.3) is 0 Å². The van der Waals surface area contributed by atoms with Crippen molar-refractivity contribution >= 4 is 6.03 Å². The van der Waals surface area contributed by atoms with Crippen molar-refractivity contribution in [1.82, 2.24) is 10.6 Å². The summed E-state index contributed by atoms with van der Waals surface area (Å²) in [6, 6.07) is -0.0878. The first-order valence-corrected chi connectivity index (χ1v) is 5.11. The van der Waals surface area contributed by atoms with Gasteiger partial charge in [0.1, 0.15) is 0 Å². The minimum atomic E-state index is -0.0878. The Kier molecular flexibility index (Phi) is 4.23. The summed E-state index contributed by atoms with van der Waals surface area (Å²) in [6.07, 6.45) is 7.36. The van der Waals surface area contributed by atoms with Crippen LogP contribution in [-0.2, 0) is 0 Å². The predicted molar refractivity (Wildman–Crippen MR) is 58.1 cm³/mol. The van der Waals surface area contributed by atoms with E-state index in [1.54, 1.807) is 0 Å². The van der Waals surface area contributed by atoms with Gasteiger partial charge in [-0.05, 0) is 24.8 Å². The molecule has 0 fully saturated rings. The molecule has 0 aromatic rings. The monoisotopic (exact) mass is 194 g/mol. The lowest BCUT2D eigenvalue weighted by Gasteiger charge is -2.17. The zero-order valence-electron chi connectivity index (χ0n) is 8.84. The number of allylic oxidation sites excluding steroid dienone is 3. The van der Waals surface area contributed by atoms with Gasteiger partial charge < -0.3 is 10.6 Å². The molecule has 1 atom stereocenters. The van der Waals surface area contributed by atoms with Crippen molar-refractivity contribution in [3.8, 4) is 0 Å². The van der Waals surface area contributed by atoms with Gasteiger partial charge in [0.15, 0.2) is 0 Å². The van der Waals surface area contributed by atoms with E-state index < -0.39 is 0 Å². The molecular formula is C11H18N2O. The van der Waals surface area contributed by atoms with E-state index in [1.165, 1.54) is 5.57 Å². The highest BCUT2D eigenvalue weighted by atomic mass is 16.2. The fourth-order valence-electron chi connectivity index (χ4n) is 1.43. The van der Waals surface area contributed by atoms with E-state index in [4.69, 9.17) is 0 Å². The molecule has 0 spiro atoms. The van der Waals surface area contributed by atoms with Gasteiger partial charge >= 0.3 is 6.03 Å². The van der Waals surface area contributed by atoms with Crippen LogP contribution in [0.3, 0.4) is 0 Å². The van der Waals surface area contributed by atoms with Gasteiger partial charge in [0.2, 0.25) is 0 Å². The number of hydrogen-bond acceptors (Lipinski definition) is 1. The fourth-order valence-corrected chi connectivity index (χ4v) is 1.43. The highest BCUT2D eigenvalue weighted by molar-refractivity contribution is 5.74. The molecule has 0 radical (unpaired) electrons. The third-order valence-corrected chi connectivity index (χ3v) is 2.36. The lowest BCUT2D eigenvalue weighted by molar-refractivity contribution is 0.242. The molecule has 1 aliphatic carbocycles. The SMILES string of the molecule is CCNC(=O)NCC1=CC=CCC1C. The van der Waals surface area contributed by atoms with E-state index in [9.17, 15) is 4.79 Å². The normalized spacial score (nSPS) is 20.1. The Bertz CT molecular complexity index is 256. The van der Waals surface area contributed by atoms with Gasteiger partial charge in [-0.25, -0.2) is 4.79 Å². The maximum atomic E-state index is 11.1. The summed E-state index contributed by atoms with van der Waals surface area (Å²) in [5.41, 5.74) is 1.29. The molecule has 0 aromatic carbocycles. The molecule has 3 heteroatoms. The smallest absolute Gasteiger partial charge is 0.315 e. The van der Waals surface area contributed by atoms with Crippen molar-refractivity contribution in [2.24, 2.45) is 5.92 Å². The van der Waals surface area contributed by atoms with Gasteiger partial charge in [-0.3, -0.25) is 0 Å². The quantitative estimate of drug-likeness (QED) is 0.707. The van der Waals surface area contributed by atoms with Crippen LogP contribution in [0.4, 0.5) is 4.79 Å². The number of hydrogen-bond donors (Lipinski definition) is 2. The maximum absolute atomic E-state index is 11.1. The van der Waals surface area contributed by atoms with Crippen molar-refractivity contribution in [1.29, 1.82) is 0 Å². The number of amides is 2. The van der Waals surface area contributed by atoms with Gasteiger partial charge in [-0.2, -0.15) is 0 Å². The van der Waals surface area contributed by atoms with Crippen molar-refractivity contribution in [2.75, 3.05) is 13.1 Å². The molecule has 1 unspecified atom stereocenters. The van der Waals surface area contributed by atoms with E-state index in [1.807, 2.05) is 6.92 Å². The van der Waals surface area contributed by atoms with E-state index >= 15 is 0 Å². The minimum Gasteiger partial charge on any atom is -0.338 e. The zero-order chi connectivity index (χ0) is 10.4. The molecular weight excluding hydrogens is 176 g/mol. The summed E-state index contributed by atoms with van der Waals surface area (Å²) in [7, 11) is 0. The summed E-state index contributed by atoms with van der Waals surface area (Å²) < 4.78 is 0. The van der Waals surface area contributed by atoms with Crippen molar-refractivity contribution < 1.29 is 4.79 Å². The molecule has 0 saturated heterocycles. The van der Waals surface area contributed by atoms with Crippen LogP contribution in [0.2, 0.25) is 0 Å². The fraction of sp³-hybridized carbons (Fsp3) is 0.545. The minimum absolute atomic E-state index is 0.0878. The van der Waals surface area contributed by atoms with Gasteiger partial charge in [-0.15, -0.1) is 0 Å². The summed E-state index contributed by atoms with van der Waals surface area (Å²) >= 11 is 0. The summed E-state index contributed by atoms with van der Waals surface area (Å²) in [5, 5.41) is 5.54. The molecule has 2 amide bonds. The standard InChI is InChI=1S/C11H18N2O/c1-3-12-11(14)13-8-10-7-5-4-6-9(10)2/h4-5,7,9H,3,6,8H2,1-2H3,(H2,12,13,14). The Balaban J connectivity index is 2.33. The van der Waals surface area contributed by atoms with Crippen LogP contribution in [0.1, 0.15) is 20.3 Å². The zero-order valence-corrected chi connectivity index (χ0v) is 8.84. The molecule has 1 rings (SSSR count). The second-order valence-corrected chi connectivity index (χ2v) is 3.52. The average molecular weight is 194 g/mol. The topological polar surface area (TPSA) is 41.1 Å². The first kappa shape index (κ1) is 10.8. The first-order chi connectivity index (χ1) is 6.74. The highest BCUT2D eigenvalue weighted by Gasteiger charge is 2.10. The molecule has 2 N–H and O–H groups in total. The van der Waals surface area contributed by atoms with E-state index in [2.05, 4.69) is 35.8 Å². The van der Waals surface area contributed by atoms with Crippen molar-refractivity contribution in [3.05, 3.63) is 23.8 Å². The third-order valence-electron chi connectivity index (χ3n) is 2.36. The number of rotatable bonds is 3. The Labute approximate surface area is 85.3 Å². The van der Waals surface area contributed by atoms with E-state index in [0.717, 1.165) is 6.42 Å². The molecule has 0 bridgehead atoms. The number of carbonyl (C=O) groups excluding carboxylic acids is 1. The van der Waals surface area contributed by atoms with Crippen molar-refractivity contribution in [3.63, 3.8) is 0 Å². The van der Waals surface area contributed by atoms with Crippen LogP contribution < -0.4 is 10.6 Å². The van der Waals surface area contributed by atoms with E-state index in [-0.39, 0.29) is 6.03 Å². The Morgan fingerprint density at radius 1 is 1.57 bits per heavy atom. The van der Waals surface area contributed by atoms with Gasteiger partial charge in [0.05, 0.1) is 0 Å². The largest absolute Gasteiger partial charge is 0.338 e. The second kappa shape index (κ2) is 5.47. The van der Waals surface area contributed by atoms with Crippen LogP contribution >= 0.6 is 0 Å². The number of urea groups is 1. The van der Waals surface area contributed by atoms with Crippen LogP contribution in [0.25, 0.3) is 0 Å². The lowest BCUT2D eigenvalue weighted by atomic mass is 9.93. The third kappa shape index (κ3) is 3.24. The Morgan fingerprint density at radius 2 is 2.36 bits per heavy atom. The lowest BCUT2D eigenvalue weighted by Crippen LogP contribution is -2.37. The molecule has 1 aliphatic rings. The molecule has 0 aliphatic heterocycles. The number of nitrogens with one attached hydrogen (secondary N) is 2. The summed E-state index contributed by atoms with van der Waals surface area (Å²) in [6.45, 7) is 5.40. The van der Waals surface area contributed by atoms with Crippen LogP contribution in [0.5, 0.6) is 0 Å². The van der Waals surface area contributed by atoms with Gasteiger partial charge in [0, 0.05) is 13.1 Å². The van der Waals surface area contributed by atoms with Crippen LogP contribution in [0.15, 0.2) is 23.8 Å². The summed E-state index contributed by atoms with van der Waals surface area (Å²) in [5.74, 6) is 0.543.